The van der Waals surface area contributed by atoms with E-state index in [1.807, 2.05) is 0 Å². The smallest absolute Gasteiger partial charge is 0.265 e. The molecule has 146 valence electrons. The second-order valence-corrected chi connectivity index (χ2v) is 5.83. The molecule has 9 heteroatoms. The molecule has 3 unspecified atom stereocenters. The summed E-state index contributed by atoms with van der Waals surface area (Å²) in [6, 6.07) is 6.16. The molecule has 0 aliphatic rings. The highest BCUT2D eigenvalue weighted by Gasteiger charge is 2.27. The fraction of sp³-hybridized carbons (Fsp3) is 0.333. The molecule has 1 aromatic carbocycles. The van der Waals surface area contributed by atoms with Crippen LogP contribution < -0.4 is 10.9 Å². The Balaban J connectivity index is 2.61. The number of hydrogen-bond donors (Lipinski definition) is 5. The van der Waals surface area contributed by atoms with E-state index in [0.29, 0.717) is 5.56 Å². The molecular formula is C18H22N2O7. The first-order valence-electron chi connectivity index (χ1n) is 8.06. The number of hydrogen-bond acceptors (Lipinski definition) is 8. The number of Topliss-reactive ketones (excluding diaryl/α,β-unsaturated/α-hetero) is 2. The lowest BCUT2D eigenvalue weighted by atomic mass is 10.1. The van der Waals surface area contributed by atoms with Crippen LogP contribution in [0.4, 0.5) is 0 Å². The number of allylic oxidation sites excluding steroid dienone is 1. The molecule has 0 saturated carbocycles. The number of aliphatic hydroxyl groups is 3. The molecule has 1 aromatic rings. The van der Waals surface area contributed by atoms with Gasteiger partial charge in [0.25, 0.3) is 5.91 Å². The third-order valence-electron chi connectivity index (χ3n) is 3.54. The molecule has 27 heavy (non-hydrogen) atoms. The molecule has 0 spiro atoms. The van der Waals surface area contributed by atoms with Crippen molar-refractivity contribution in [1.82, 2.24) is 10.9 Å². The Morgan fingerprint density at radius 2 is 1.81 bits per heavy atom. The van der Waals surface area contributed by atoms with Gasteiger partial charge in [-0.2, -0.15) is 0 Å². The largest absolute Gasteiger partial charge is 0.391 e. The van der Waals surface area contributed by atoms with Gasteiger partial charge in [-0.15, -0.1) is 0 Å². The van der Waals surface area contributed by atoms with Gasteiger partial charge in [0.15, 0.2) is 11.6 Å². The number of nitrogens with one attached hydrogen (secondary N) is 2. The van der Waals surface area contributed by atoms with Gasteiger partial charge < -0.3 is 15.3 Å². The number of amides is 1. The third kappa shape index (κ3) is 7.19. The number of hydrazine groups is 1. The van der Waals surface area contributed by atoms with E-state index >= 15 is 0 Å². The number of aliphatic hydroxyl groups excluding tert-OH is 3. The standard InChI is InChI=1S/C18H22N2O7/c1-10(21)14(23)7-6-12-4-3-5-13(8-12)18(27)20-19-9-15(24)17(26)16(25)11(2)22/h3-8,11,16-17,19,22,25-26H,9H2,1-2H3,(H,20,27)/b7-6+. The maximum absolute atomic E-state index is 12.1. The lowest BCUT2D eigenvalue weighted by Crippen LogP contribution is -2.48. The molecule has 0 heterocycles. The summed E-state index contributed by atoms with van der Waals surface area (Å²) in [6.45, 7) is 1.91. The molecule has 0 aromatic heterocycles. The SMILES string of the molecule is CC(=O)C(=O)/C=C/c1cccc(C(=O)NNCC(=O)C(O)C(O)C(C)O)c1. The van der Waals surface area contributed by atoms with Gasteiger partial charge in [-0.25, -0.2) is 5.43 Å². The van der Waals surface area contributed by atoms with E-state index in [2.05, 4.69) is 10.9 Å². The highest BCUT2D eigenvalue weighted by molar-refractivity contribution is 6.41. The van der Waals surface area contributed by atoms with E-state index in [1.54, 1.807) is 12.1 Å². The minimum Gasteiger partial charge on any atom is -0.391 e. The van der Waals surface area contributed by atoms with E-state index in [-0.39, 0.29) is 5.56 Å². The number of carbonyl (C=O) groups is 4. The van der Waals surface area contributed by atoms with Crippen LogP contribution in [0.1, 0.15) is 29.8 Å². The van der Waals surface area contributed by atoms with Crippen LogP contribution in [-0.4, -0.2) is 63.4 Å². The minimum absolute atomic E-state index is 0.219. The summed E-state index contributed by atoms with van der Waals surface area (Å²) in [4.78, 5) is 45.9. The molecule has 0 saturated heterocycles. The van der Waals surface area contributed by atoms with Crippen LogP contribution in [0.25, 0.3) is 6.08 Å². The van der Waals surface area contributed by atoms with Crippen molar-refractivity contribution in [3.63, 3.8) is 0 Å². The Hall–Kier alpha value is -2.72. The van der Waals surface area contributed by atoms with Crippen LogP contribution in [0.2, 0.25) is 0 Å². The molecule has 0 fully saturated rings. The van der Waals surface area contributed by atoms with Gasteiger partial charge >= 0.3 is 0 Å². The van der Waals surface area contributed by atoms with Crippen molar-refractivity contribution in [1.29, 1.82) is 0 Å². The highest BCUT2D eigenvalue weighted by Crippen LogP contribution is 2.07. The van der Waals surface area contributed by atoms with E-state index in [0.717, 1.165) is 13.0 Å². The first-order chi connectivity index (χ1) is 12.6. The van der Waals surface area contributed by atoms with Crippen LogP contribution in [0, 0.1) is 0 Å². The minimum atomic E-state index is -1.79. The Morgan fingerprint density at radius 1 is 1.15 bits per heavy atom. The summed E-state index contributed by atoms with van der Waals surface area (Å²) in [7, 11) is 0. The molecule has 9 nitrogen and oxygen atoms in total. The van der Waals surface area contributed by atoms with Crippen molar-refractivity contribution in [3.05, 3.63) is 41.5 Å². The summed E-state index contributed by atoms with van der Waals surface area (Å²) >= 11 is 0. The predicted molar refractivity (Wildman–Crippen MR) is 95.3 cm³/mol. The first kappa shape index (κ1) is 22.3. The molecule has 5 N–H and O–H groups in total. The zero-order chi connectivity index (χ0) is 20.6. The maximum atomic E-state index is 12.1. The summed E-state index contributed by atoms with van der Waals surface area (Å²) < 4.78 is 0. The normalized spacial score (nSPS) is 14.4. The van der Waals surface area contributed by atoms with Crippen molar-refractivity contribution < 1.29 is 34.5 Å². The quantitative estimate of drug-likeness (QED) is 0.193. The van der Waals surface area contributed by atoms with Crippen molar-refractivity contribution in [2.45, 2.75) is 32.2 Å². The zero-order valence-corrected chi connectivity index (χ0v) is 14.9. The topological polar surface area (TPSA) is 153 Å². The molecule has 3 atom stereocenters. The lowest BCUT2D eigenvalue weighted by molar-refractivity contribution is -0.136. The van der Waals surface area contributed by atoms with E-state index in [1.165, 1.54) is 25.1 Å². The maximum Gasteiger partial charge on any atom is 0.265 e. The van der Waals surface area contributed by atoms with Gasteiger partial charge in [-0.1, -0.05) is 18.2 Å². The highest BCUT2D eigenvalue weighted by atomic mass is 16.4. The predicted octanol–water partition coefficient (Wildman–Crippen LogP) is -1.24. The average molecular weight is 378 g/mol. The molecule has 0 radical (unpaired) electrons. The first-order valence-corrected chi connectivity index (χ1v) is 8.06. The Labute approximate surface area is 155 Å². The molecular weight excluding hydrogens is 356 g/mol. The second-order valence-electron chi connectivity index (χ2n) is 5.83. The van der Waals surface area contributed by atoms with Gasteiger partial charge in [0.05, 0.1) is 12.6 Å². The fourth-order valence-electron chi connectivity index (χ4n) is 1.92. The summed E-state index contributed by atoms with van der Waals surface area (Å²) in [6.07, 6.45) is -2.21. The Morgan fingerprint density at radius 3 is 2.41 bits per heavy atom. The molecule has 1 amide bonds. The number of rotatable bonds is 10. The number of carbonyl (C=O) groups excluding carboxylic acids is 4. The fourth-order valence-corrected chi connectivity index (χ4v) is 1.92. The number of ketones is 3. The van der Waals surface area contributed by atoms with Gasteiger partial charge in [-0.05, 0) is 30.7 Å². The lowest BCUT2D eigenvalue weighted by Gasteiger charge is -2.19. The van der Waals surface area contributed by atoms with Crippen LogP contribution in [0.3, 0.4) is 0 Å². The van der Waals surface area contributed by atoms with Gasteiger partial charge in [-0.3, -0.25) is 24.6 Å². The second kappa shape index (κ2) is 10.4. The van der Waals surface area contributed by atoms with Crippen LogP contribution in [0.15, 0.2) is 30.3 Å². The van der Waals surface area contributed by atoms with Gasteiger partial charge in [0.2, 0.25) is 5.78 Å². The van der Waals surface area contributed by atoms with Gasteiger partial charge in [0, 0.05) is 12.5 Å². The molecule has 1 rings (SSSR count). The summed E-state index contributed by atoms with van der Waals surface area (Å²) in [5.74, 6) is -2.66. The third-order valence-corrected chi connectivity index (χ3v) is 3.54. The van der Waals surface area contributed by atoms with Crippen LogP contribution >= 0.6 is 0 Å². The van der Waals surface area contributed by atoms with E-state index in [4.69, 9.17) is 5.11 Å². The number of benzene rings is 1. The molecule has 0 aliphatic carbocycles. The monoisotopic (exact) mass is 378 g/mol. The van der Waals surface area contributed by atoms with Crippen molar-refractivity contribution in [3.8, 4) is 0 Å². The van der Waals surface area contributed by atoms with Crippen molar-refractivity contribution >= 4 is 29.3 Å². The average Bonchev–Trinajstić information content (AvgIpc) is 2.64. The van der Waals surface area contributed by atoms with Gasteiger partial charge in [0.1, 0.15) is 12.2 Å². The van der Waals surface area contributed by atoms with Crippen molar-refractivity contribution in [2.24, 2.45) is 0 Å². The summed E-state index contributed by atoms with van der Waals surface area (Å²) in [5.41, 5.74) is 5.31. The molecule has 0 aliphatic heterocycles. The zero-order valence-electron chi connectivity index (χ0n) is 14.9. The van der Waals surface area contributed by atoms with Crippen LogP contribution in [0.5, 0.6) is 0 Å². The Kier molecular flexibility index (Phi) is 8.63. The summed E-state index contributed by atoms with van der Waals surface area (Å²) in [5, 5.41) is 28.1. The molecule has 0 bridgehead atoms. The Bertz CT molecular complexity index is 743. The van der Waals surface area contributed by atoms with E-state index in [9.17, 15) is 29.4 Å². The van der Waals surface area contributed by atoms with E-state index < -0.39 is 48.1 Å². The van der Waals surface area contributed by atoms with Crippen molar-refractivity contribution in [2.75, 3.05) is 6.54 Å². The van der Waals surface area contributed by atoms with Crippen LogP contribution in [-0.2, 0) is 14.4 Å².